The number of aromatic nitrogens is 2. The van der Waals surface area contributed by atoms with Crippen LogP contribution >= 0.6 is 24.8 Å². The number of halogens is 2. The summed E-state index contributed by atoms with van der Waals surface area (Å²) in [5.41, 5.74) is 1.52. The highest BCUT2D eigenvalue weighted by Crippen LogP contribution is 2.56. The third kappa shape index (κ3) is 3.63. The van der Waals surface area contributed by atoms with Gasteiger partial charge in [-0.05, 0) is 69.7 Å². The minimum atomic E-state index is 0. The van der Waals surface area contributed by atoms with E-state index in [1.165, 1.54) is 50.6 Å². The van der Waals surface area contributed by atoms with Gasteiger partial charge in [0.15, 0.2) is 5.82 Å². The third-order valence-corrected chi connectivity index (χ3v) is 7.03. The van der Waals surface area contributed by atoms with Crippen LogP contribution in [0, 0.1) is 17.8 Å². The quantitative estimate of drug-likeness (QED) is 0.810. The van der Waals surface area contributed by atoms with Gasteiger partial charge in [0.2, 0.25) is 0 Å². The number of rotatable bonds is 4. The van der Waals surface area contributed by atoms with E-state index in [0.717, 1.165) is 36.7 Å². The highest BCUT2D eigenvalue weighted by Gasteiger charge is 2.51. The first-order chi connectivity index (χ1) is 11.7. The molecular weight excluding hydrogens is 369 g/mol. The van der Waals surface area contributed by atoms with Gasteiger partial charge >= 0.3 is 0 Å². The number of hydrogen-bond acceptors (Lipinski definition) is 5. The summed E-state index contributed by atoms with van der Waals surface area (Å²) in [6, 6.07) is 2.82. The molecule has 0 spiro atoms. The van der Waals surface area contributed by atoms with Crippen LogP contribution in [0.25, 0.3) is 0 Å². The zero-order valence-electron chi connectivity index (χ0n) is 15.5. The second-order valence-corrected chi connectivity index (χ2v) is 8.84. The van der Waals surface area contributed by atoms with Crippen molar-refractivity contribution in [1.82, 2.24) is 15.5 Å². The SMILES string of the molecule is CN[C@@H]1CCN(c2cnnc(NC34CC5CC(CC(C5)C3)C4)c2)C1.Cl.Cl. The van der Waals surface area contributed by atoms with E-state index < -0.39 is 0 Å². The van der Waals surface area contributed by atoms with Crippen LogP contribution < -0.4 is 15.5 Å². The number of anilines is 2. The van der Waals surface area contributed by atoms with E-state index in [4.69, 9.17) is 0 Å². The molecule has 1 atom stereocenters. The Morgan fingerprint density at radius 3 is 2.31 bits per heavy atom. The fraction of sp³-hybridized carbons (Fsp3) is 0.789. The average Bonchev–Trinajstić information content (AvgIpc) is 3.02. The first-order valence-corrected chi connectivity index (χ1v) is 9.74. The van der Waals surface area contributed by atoms with Crippen LogP contribution in [0.15, 0.2) is 12.3 Å². The molecule has 0 aromatic carbocycles. The first kappa shape index (κ1) is 20.0. The Morgan fingerprint density at radius 1 is 1.08 bits per heavy atom. The van der Waals surface area contributed by atoms with Gasteiger partial charge in [0, 0.05) is 30.7 Å². The van der Waals surface area contributed by atoms with Crippen LogP contribution in [0.2, 0.25) is 0 Å². The van der Waals surface area contributed by atoms with Crippen LogP contribution in [-0.2, 0) is 0 Å². The van der Waals surface area contributed by atoms with Gasteiger partial charge in [-0.15, -0.1) is 29.9 Å². The molecule has 0 unspecified atom stereocenters. The van der Waals surface area contributed by atoms with Gasteiger partial charge in [0.25, 0.3) is 0 Å². The van der Waals surface area contributed by atoms with Crippen LogP contribution in [-0.4, -0.2) is 41.9 Å². The fourth-order valence-electron chi connectivity index (χ4n) is 6.36. The monoisotopic (exact) mass is 399 g/mol. The third-order valence-electron chi connectivity index (χ3n) is 7.03. The zero-order valence-corrected chi connectivity index (χ0v) is 17.1. The van der Waals surface area contributed by atoms with E-state index in [1.807, 2.05) is 6.20 Å². The van der Waals surface area contributed by atoms with E-state index >= 15 is 0 Å². The number of likely N-dealkylation sites (N-methyl/N-ethyl adjacent to an activating group) is 1. The highest BCUT2D eigenvalue weighted by atomic mass is 35.5. The van der Waals surface area contributed by atoms with Crippen molar-refractivity contribution in [3.8, 4) is 0 Å². The molecule has 6 rings (SSSR count). The maximum Gasteiger partial charge on any atom is 0.151 e. The second-order valence-electron chi connectivity index (χ2n) is 8.84. The summed E-state index contributed by atoms with van der Waals surface area (Å²) in [6.45, 7) is 2.17. The molecule has 7 heteroatoms. The zero-order chi connectivity index (χ0) is 16.1. The lowest BCUT2D eigenvalue weighted by Gasteiger charge is -2.57. The number of nitrogens with zero attached hydrogens (tertiary/aromatic N) is 3. The molecule has 5 aliphatic rings. The predicted octanol–water partition coefficient (Wildman–Crippen LogP) is 3.50. The maximum atomic E-state index is 4.42. The molecule has 4 aliphatic carbocycles. The number of hydrogen-bond donors (Lipinski definition) is 2. The summed E-state index contributed by atoms with van der Waals surface area (Å²) in [4.78, 5) is 2.43. The summed E-state index contributed by atoms with van der Waals surface area (Å²) in [5.74, 6) is 3.85. The predicted molar refractivity (Wildman–Crippen MR) is 111 cm³/mol. The molecule has 5 fully saturated rings. The molecule has 1 aliphatic heterocycles. The van der Waals surface area contributed by atoms with Crippen LogP contribution in [0.3, 0.4) is 0 Å². The van der Waals surface area contributed by atoms with Crippen molar-refractivity contribution in [2.24, 2.45) is 17.8 Å². The van der Waals surface area contributed by atoms with Gasteiger partial charge in [-0.25, -0.2) is 0 Å². The molecular formula is C19H31Cl2N5. The van der Waals surface area contributed by atoms with Crippen molar-refractivity contribution >= 4 is 36.3 Å². The fourth-order valence-corrected chi connectivity index (χ4v) is 6.36. The summed E-state index contributed by atoms with van der Waals surface area (Å²) in [6.07, 6.45) is 11.6. The minimum absolute atomic E-state index is 0. The van der Waals surface area contributed by atoms with Gasteiger partial charge in [-0.3, -0.25) is 0 Å². The Hall–Kier alpha value is -0.780. The molecule has 4 saturated carbocycles. The first-order valence-electron chi connectivity index (χ1n) is 9.74. The van der Waals surface area contributed by atoms with E-state index in [2.05, 4.69) is 38.8 Å². The van der Waals surface area contributed by atoms with Crippen molar-refractivity contribution in [1.29, 1.82) is 0 Å². The summed E-state index contributed by atoms with van der Waals surface area (Å²) < 4.78 is 0. The van der Waals surface area contributed by atoms with E-state index in [9.17, 15) is 0 Å². The van der Waals surface area contributed by atoms with Crippen LogP contribution in [0.4, 0.5) is 11.5 Å². The second kappa shape index (κ2) is 7.69. The van der Waals surface area contributed by atoms with Gasteiger partial charge in [0.05, 0.1) is 11.9 Å². The lowest BCUT2D eigenvalue weighted by Crippen LogP contribution is -2.54. The van der Waals surface area contributed by atoms with Crippen LogP contribution in [0.5, 0.6) is 0 Å². The molecule has 1 saturated heterocycles. The molecule has 1 aromatic heterocycles. The Balaban J connectivity index is 0.000000980. The van der Waals surface area contributed by atoms with Crippen LogP contribution in [0.1, 0.15) is 44.9 Å². The maximum absolute atomic E-state index is 4.42. The number of nitrogens with one attached hydrogen (secondary N) is 2. The van der Waals surface area contributed by atoms with Gasteiger partial charge in [-0.2, -0.15) is 5.10 Å². The van der Waals surface area contributed by atoms with Crippen molar-refractivity contribution in [2.75, 3.05) is 30.4 Å². The topological polar surface area (TPSA) is 53.1 Å². The minimum Gasteiger partial charge on any atom is -0.369 e. The Kier molecular flexibility index (Phi) is 5.90. The van der Waals surface area contributed by atoms with E-state index in [-0.39, 0.29) is 24.8 Å². The Bertz CT molecular complexity index is 590. The molecule has 1 aromatic rings. The lowest BCUT2D eigenvalue weighted by molar-refractivity contribution is 0.0105. The summed E-state index contributed by atoms with van der Waals surface area (Å²) >= 11 is 0. The molecule has 26 heavy (non-hydrogen) atoms. The van der Waals surface area contributed by atoms with Crippen molar-refractivity contribution in [3.05, 3.63) is 12.3 Å². The van der Waals surface area contributed by atoms with E-state index in [0.29, 0.717) is 11.6 Å². The van der Waals surface area contributed by atoms with E-state index in [1.54, 1.807) is 0 Å². The molecule has 4 bridgehead atoms. The summed E-state index contributed by atoms with van der Waals surface area (Å²) in [5, 5.41) is 16.0. The summed E-state index contributed by atoms with van der Waals surface area (Å²) in [7, 11) is 2.05. The van der Waals surface area contributed by atoms with Crippen molar-refractivity contribution in [2.45, 2.75) is 56.5 Å². The highest BCUT2D eigenvalue weighted by molar-refractivity contribution is 5.85. The van der Waals surface area contributed by atoms with Gasteiger partial charge in [0.1, 0.15) is 0 Å². The molecule has 0 radical (unpaired) electrons. The molecule has 2 heterocycles. The average molecular weight is 400 g/mol. The molecule has 146 valence electrons. The lowest BCUT2D eigenvalue weighted by atomic mass is 9.53. The van der Waals surface area contributed by atoms with Crippen molar-refractivity contribution in [3.63, 3.8) is 0 Å². The molecule has 0 amide bonds. The van der Waals surface area contributed by atoms with Crippen molar-refractivity contribution < 1.29 is 0 Å². The molecule has 5 nitrogen and oxygen atoms in total. The smallest absolute Gasteiger partial charge is 0.151 e. The Morgan fingerprint density at radius 2 is 1.73 bits per heavy atom. The van der Waals surface area contributed by atoms with Gasteiger partial charge < -0.3 is 15.5 Å². The largest absolute Gasteiger partial charge is 0.369 e. The van der Waals surface area contributed by atoms with Gasteiger partial charge in [-0.1, -0.05) is 0 Å². The Labute approximate surface area is 168 Å². The standard InChI is InChI=1S/C19H29N5.2ClH/c1-20-16-2-3-24(12-16)17-7-18(23-21-11-17)22-19-8-13-4-14(9-19)6-15(5-13)10-19;;/h7,11,13-16,20H,2-6,8-10,12H2,1H3,(H,22,23);2*1H/t13?,14?,15?,16-,19?;;/m1../s1. The normalized spacial score (nSPS) is 37.2. The molecule has 2 N–H and O–H groups in total.